The summed E-state index contributed by atoms with van der Waals surface area (Å²) in [6, 6.07) is 13.1. The zero-order valence-electron chi connectivity index (χ0n) is 12.8. The highest BCUT2D eigenvalue weighted by Gasteiger charge is 2.21. The number of hydrogen-bond donors (Lipinski definition) is 1. The Balaban J connectivity index is 1.74. The molecule has 0 aliphatic carbocycles. The third kappa shape index (κ3) is 3.27. The van der Waals surface area contributed by atoms with Crippen LogP contribution in [0.2, 0.25) is 0 Å². The number of fused-ring (bicyclic) bond motifs is 1. The van der Waals surface area contributed by atoms with E-state index in [-0.39, 0.29) is 17.5 Å². The van der Waals surface area contributed by atoms with Gasteiger partial charge in [0.15, 0.2) is 5.75 Å². The molecule has 0 saturated carbocycles. The van der Waals surface area contributed by atoms with Crippen molar-refractivity contribution in [3.63, 3.8) is 0 Å². The van der Waals surface area contributed by atoms with Crippen molar-refractivity contribution in [3.05, 3.63) is 63.7 Å². The molecule has 0 amide bonds. The zero-order valence-corrected chi connectivity index (χ0v) is 12.8. The minimum atomic E-state index is -0.425. The topological polar surface area (TPSA) is 73.6 Å². The van der Waals surface area contributed by atoms with Gasteiger partial charge in [0, 0.05) is 30.6 Å². The van der Waals surface area contributed by atoms with E-state index in [1.54, 1.807) is 12.1 Å². The van der Waals surface area contributed by atoms with Gasteiger partial charge in [-0.05, 0) is 17.7 Å². The molecule has 1 heterocycles. The lowest BCUT2D eigenvalue weighted by Crippen LogP contribution is -2.26. The normalized spacial score (nSPS) is 16.3. The minimum Gasteiger partial charge on any atom is -0.493 e. The number of hydrogen-bond acceptors (Lipinski definition) is 5. The Morgan fingerprint density at radius 1 is 1.35 bits per heavy atom. The van der Waals surface area contributed by atoms with Crippen LogP contribution in [0.3, 0.4) is 0 Å². The van der Waals surface area contributed by atoms with Crippen molar-refractivity contribution in [2.75, 3.05) is 13.7 Å². The maximum Gasteiger partial charge on any atom is 0.311 e. The summed E-state index contributed by atoms with van der Waals surface area (Å²) in [5, 5.41) is 14.5. The summed E-state index contributed by atoms with van der Waals surface area (Å²) in [6.07, 6.45) is 0.870. The van der Waals surface area contributed by atoms with Crippen molar-refractivity contribution >= 4 is 5.69 Å². The van der Waals surface area contributed by atoms with Crippen LogP contribution in [-0.2, 0) is 6.54 Å². The van der Waals surface area contributed by atoms with Crippen molar-refractivity contribution in [2.45, 2.75) is 19.0 Å². The van der Waals surface area contributed by atoms with E-state index in [1.165, 1.54) is 7.11 Å². The smallest absolute Gasteiger partial charge is 0.311 e. The largest absolute Gasteiger partial charge is 0.493 e. The molecule has 0 saturated heterocycles. The maximum atomic E-state index is 11.1. The Labute approximate surface area is 134 Å². The summed E-state index contributed by atoms with van der Waals surface area (Å²) in [5.41, 5.74) is 1.96. The lowest BCUT2D eigenvalue weighted by Gasteiger charge is -2.26. The van der Waals surface area contributed by atoms with Crippen molar-refractivity contribution in [1.29, 1.82) is 0 Å². The first-order valence-electron chi connectivity index (χ1n) is 7.45. The molecule has 1 unspecified atom stereocenters. The van der Waals surface area contributed by atoms with E-state index in [9.17, 15) is 10.1 Å². The van der Waals surface area contributed by atoms with Crippen molar-refractivity contribution in [1.82, 2.24) is 5.32 Å². The fourth-order valence-electron chi connectivity index (χ4n) is 2.78. The summed E-state index contributed by atoms with van der Waals surface area (Å²) in [6.45, 7) is 1.21. The summed E-state index contributed by atoms with van der Waals surface area (Å²) >= 11 is 0. The van der Waals surface area contributed by atoms with Gasteiger partial charge in [0.25, 0.3) is 0 Å². The van der Waals surface area contributed by atoms with E-state index in [0.29, 0.717) is 13.2 Å². The molecule has 1 N–H and O–H groups in total. The van der Waals surface area contributed by atoms with Crippen molar-refractivity contribution in [3.8, 4) is 11.5 Å². The van der Waals surface area contributed by atoms with Crippen LogP contribution in [0.15, 0.2) is 42.5 Å². The van der Waals surface area contributed by atoms with E-state index in [2.05, 4.69) is 5.32 Å². The molecule has 1 atom stereocenters. The summed E-state index contributed by atoms with van der Waals surface area (Å²) in [7, 11) is 1.43. The Morgan fingerprint density at radius 3 is 2.96 bits per heavy atom. The predicted molar refractivity (Wildman–Crippen MR) is 85.8 cm³/mol. The quantitative estimate of drug-likeness (QED) is 0.677. The van der Waals surface area contributed by atoms with E-state index in [4.69, 9.17) is 9.47 Å². The number of ether oxygens (including phenoxy) is 2. The molecule has 1 aliphatic rings. The van der Waals surface area contributed by atoms with Gasteiger partial charge in [-0.2, -0.15) is 0 Å². The molecule has 0 fully saturated rings. The Hall–Kier alpha value is -2.60. The summed E-state index contributed by atoms with van der Waals surface area (Å²) in [4.78, 5) is 10.7. The van der Waals surface area contributed by atoms with Crippen LogP contribution in [-0.4, -0.2) is 18.6 Å². The van der Waals surface area contributed by atoms with Crippen LogP contribution in [0.25, 0.3) is 0 Å². The van der Waals surface area contributed by atoms with Gasteiger partial charge < -0.3 is 14.8 Å². The monoisotopic (exact) mass is 314 g/mol. The van der Waals surface area contributed by atoms with E-state index in [0.717, 1.165) is 23.3 Å². The molecule has 23 heavy (non-hydrogen) atoms. The first kappa shape index (κ1) is 15.3. The summed E-state index contributed by atoms with van der Waals surface area (Å²) < 4.78 is 10.7. The molecule has 1 aliphatic heterocycles. The van der Waals surface area contributed by atoms with E-state index >= 15 is 0 Å². The van der Waals surface area contributed by atoms with Crippen LogP contribution >= 0.6 is 0 Å². The van der Waals surface area contributed by atoms with Gasteiger partial charge in [-0.1, -0.05) is 24.3 Å². The van der Waals surface area contributed by atoms with Crippen LogP contribution in [0, 0.1) is 10.1 Å². The van der Waals surface area contributed by atoms with Crippen molar-refractivity contribution < 1.29 is 14.4 Å². The highest BCUT2D eigenvalue weighted by atomic mass is 16.6. The lowest BCUT2D eigenvalue weighted by molar-refractivity contribution is -0.385. The number of nitrogens with one attached hydrogen (secondary N) is 1. The average molecular weight is 314 g/mol. The third-order valence-corrected chi connectivity index (χ3v) is 3.95. The molecule has 6 heteroatoms. The van der Waals surface area contributed by atoms with Crippen LogP contribution in [0.4, 0.5) is 5.69 Å². The van der Waals surface area contributed by atoms with Crippen LogP contribution in [0.1, 0.15) is 23.6 Å². The molecule has 6 nitrogen and oxygen atoms in total. The third-order valence-electron chi connectivity index (χ3n) is 3.95. The second-order valence-electron chi connectivity index (χ2n) is 5.37. The molecule has 120 valence electrons. The number of nitro groups is 1. The molecule has 2 aromatic rings. The first-order valence-corrected chi connectivity index (χ1v) is 7.45. The molecule has 0 bridgehead atoms. The summed E-state index contributed by atoms with van der Waals surface area (Å²) in [5.74, 6) is 1.17. The number of para-hydroxylation sites is 1. The average Bonchev–Trinajstić information content (AvgIpc) is 2.59. The van der Waals surface area contributed by atoms with Gasteiger partial charge in [-0.3, -0.25) is 10.1 Å². The van der Waals surface area contributed by atoms with Gasteiger partial charge in [-0.25, -0.2) is 0 Å². The predicted octanol–water partition coefficient (Wildman–Crippen LogP) is 3.22. The zero-order chi connectivity index (χ0) is 16.2. The standard InChI is InChI=1S/C17H18N2O4/c1-22-17-7-6-12(10-15(17)19(20)21)11-18-14-8-9-23-16-5-3-2-4-13(14)16/h2-7,10,14,18H,8-9,11H2,1H3. The molecular weight excluding hydrogens is 296 g/mol. The second kappa shape index (κ2) is 6.66. The Morgan fingerprint density at radius 2 is 2.17 bits per heavy atom. The molecule has 0 aromatic heterocycles. The number of rotatable bonds is 5. The highest BCUT2D eigenvalue weighted by Crippen LogP contribution is 2.32. The SMILES string of the molecule is COc1ccc(CNC2CCOc3ccccc32)cc1[N+](=O)[O-]. The van der Waals surface area contributed by atoms with Crippen LogP contribution < -0.4 is 14.8 Å². The maximum absolute atomic E-state index is 11.1. The Kier molecular flexibility index (Phi) is 4.43. The van der Waals surface area contributed by atoms with Gasteiger partial charge in [0.1, 0.15) is 5.75 Å². The molecule has 0 radical (unpaired) electrons. The fourth-order valence-corrected chi connectivity index (χ4v) is 2.78. The number of nitro benzene ring substituents is 1. The Bertz CT molecular complexity index is 717. The number of benzene rings is 2. The highest BCUT2D eigenvalue weighted by molar-refractivity contribution is 5.48. The lowest BCUT2D eigenvalue weighted by atomic mass is 10.0. The molecule has 3 rings (SSSR count). The van der Waals surface area contributed by atoms with Crippen molar-refractivity contribution in [2.24, 2.45) is 0 Å². The number of nitrogens with zero attached hydrogens (tertiary/aromatic N) is 1. The van der Waals surface area contributed by atoms with Gasteiger partial charge >= 0.3 is 5.69 Å². The molecule has 0 spiro atoms. The van der Waals surface area contributed by atoms with Crippen LogP contribution in [0.5, 0.6) is 11.5 Å². The fraction of sp³-hybridized carbons (Fsp3) is 0.294. The van der Waals surface area contributed by atoms with E-state index in [1.807, 2.05) is 30.3 Å². The molecule has 2 aromatic carbocycles. The first-order chi connectivity index (χ1) is 11.2. The minimum absolute atomic E-state index is 0.0147. The van der Waals surface area contributed by atoms with E-state index < -0.39 is 4.92 Å². The second-order valence-corrected chi connectivity index (χ2v) is 5.37. The number of methoxy groups -OCH3 is 1. The van der Waals surface area contributed by atoms with Gasteiger partial charge in [-0.15, -0.1) is 0 Å². The van der Waals surface area contributed by atoms with Gasteiger partial charge in [0.2, 0.25) is 0 Å². The van der Waals surface area contributed by atoms with Gasteiger partial charge in [0.05, 0.1) is 18.6 Å². The molecular formula is C17H18N2O4.